The molecule has 36 heavy (non-hydrogen) atoms. The number of halogens is 2. The number of carbonyl (C=O) groups excluding carboxylic acids is 3. The third-order valence-electron chi connectivity index (χ3n) is 7.26. The highest BCUT2D eigenvalue weighted by atomic mass is 32.1. The van der Waals surface area contributed by atoms with Crippen LogP contribution in [-0.2, 0) is 9.59 Å². The van der Waals surface area contributed by atoms with Crippen LogP contribution in [0.4, 0.5) is 8.78 Å². The Kier molecular flexibility index (Phi) is 8.46. The Hall–Kier alpha value is -2.72. The summed E-state index contributed by atoms with van der Waals surface area (Å²) in [5, 5.41) is 8.08. The standard InChI is InChI=1S/C26H32F2N4O3S/c1-15(29-2)24(34)31-22(16-7-4-3-5-8-16)26(35)32-12-6-9-21(32)25-30-20(14-36-25)23(33)18-11-10-17(27)13-19(18)28/h10-11,13-16,21-22,29H,3-9,12H2,1-2H3,(H,31,34)/t15?,21?,22-/m0/s1. The summed E-state index contributed by atoms with van der Waals surface area (Å²) in [6.45, 7) is 2.30. The van der Waals surface area contributed by atoms with Crippen LogP contribution in [0.1, 0.15) is 79.0 Å². The van der Waals surface area contributed by atoms with Gasteiger partial charge in [0.05, 0.1) is 17.6 Å². The predicted octanol–water partition coefficient (Wildman–Crippen LogP) is 3.99. The van der Waals surface area contributed by atoms with E-state index >= 15 is 0 Å². The van der Waals surface area contributed by atoms with Gasteiger partial charge in [0, 0.05) is 18.0 Å². The van der Waals surface area contributed by atoms with Crippen molar-refractivity contribution < 1.29 is 23.2 Å². The van der Waals surface area contributed by atoms with Gasteiger partial charge in [-0.05, 0) is 57.7 Å². The van der Waals surface area contributed by atoms with Gasteiger partial charge in [0.15, 0.2) is 0 Å². The molecule has 1 aromatic carbocycles. The lowest BCUT2D eigenvalue weighted by Gasteiger charge is -2.35. The highest BCUT2D eigenvalue weighted by Gasteiger charge is 2.40. The number of nitrogens with one attached hydrogen (secondary N) is 2. The summed E-state index contributed by atoms with van der Waals surface area (Å²) in [5.74, 6) is -2.56. The molecule has 4 rings (SSSR count). The van der Waals surface area contributed by atoms with E-state index < -0.39 is 29.5 Å². The number of likely N-dealkylation sites (tertiary alicyclic amines) is 1. The monoisotopic (exact) mass is 518 g/mol. The minimum atomic E-state index is -0.936. The average Bonchev–Trinajstić information content (AvgIpc) is 3.56. The van der Waals surface area contributed by atoms with Crippen molar-refractivity contribution in [2.24, 2.45) is 5.92 Å². The number of hydrogen-bond donors (Lipinski definition) is 2. The van der Waals surface area contributed by atoms with Crippen molar-refractivity contribution in [1.29, 1.82) is 0 Å². The molecule has 2 heterocycles. The van der Waals surface area contributed by atoms with Crippen LogP contribution in [0.2, 0.25) is 0 Å². The van der Waals surface area contributed by atoms with Gasteiger partial charge < -0.3 is 15.5 Å². The average molecular weight is 519 g/mol. The minimum absolute atomic E-state index is 0.0692. The second kappa shape index (κ2) is 11.6. The number of thiazole rings is 1. The fourth-order valence-corrected chi connectivity index (χ4v) is 6.03. The van der Waals surface area contributed by atoms with Crippen molar-refractivity contribution in [1.82, 2.24) is 20.5 Å². The molecule has 7 nitrogen and oxygen atoms in total. The Morgan fingerprint density at radius 3 is 2.56 bits per heavy atom. The molecular formula is C26H32F2N4O3S. The second-order valence-corrected chi connectivity index (χ2v) is 10.5. The van der Waals surface area contributed by atoms with Crippen LogP contribution < -0.4 is 10.6 Å². The van der Waals surface area contributed by atoms with Crippen molar-refractivity contribution in [2.45, 2.75) is 70.0 Å². The zero-order valence-corrected chi connectivity index (χ0v) is 21.4. The second-order valence-electron chi connectivity index (χ2n) is 9.61. The predicted molar refractivity (Wildman–Crippen MR) is 133 cm³/mol. The van der Waals surface area contributed by atoms with E-state index in [4.69, 9.17) is 0 Å². The molecule has 1 saturated carbocycles. The molecule has 2 unspecified atom stereocenters. The van der Waals surface area contributed by atoms with E-state index in [1.54, 1.807) is 24.3 Å². The summed E-state index contributed by atoms with van der Waals surface area (Å²) in [6.07, 6.45) is 6.46. The van der Waals surface area contributed by atoms with Crippen LogP contribution in [0.3, 0.4) is 0 Å². The number of benzene rings is 1. The van der Waals surface area contributed by atoms with Gasteiger partial charge in [-0.1, -0.05) is 19.3 Å². The molecule has 2 aromatic rings. The van der Waals surface area contributed by atoms with Crippen LogP contribution in [0, 0.1) is 17.6 Å². The topological polar surface area (TPSA) is 91.4 Å². The fraction of sp³-hybridized carbons (Fsp3) is 0.538. The van der Waals surface area contributed by atoms with E-state index in [2.05, 4.69) is 15.6 Å². The lowest BCUT2D eigenvalue weighted by Crippen LogP contribution is -2.55. The number of aromatic nitrogens is 1. The first-order chi connectivity index (χ1) is 17.3. The number of rotatable bonds is 8. The van der Waals surface area contributed by atoms with Gasteiger partial charge in [-0.2, -0.15) is 0 Å². The van der Waals surface area contributed by atoms with Crippen LogP contribution in [0.5, 0.6) is 0 Å². The zero-order valence-electron chi connectivity index (χ0n) is 20.6. The Labute approximate surface area is 213 Å². The smallest absolute Gasteiger partial charge is 0.246 e. The van der Waals surface area contributed by atoms with E-state index in [1.165, 1.54) is 11.3 Å². The van der Waals surface area contributed by atoms with Gasteiger partial charge in [-0.25, -0.2) is 13.8 Å². The molecule has 1 aliphatic heterocycles. The van der Waals surface area contributed by atoms with Crippen LogP contribution in [0.25, 0.3) is 0 Å². The molecule has 0 bridgehead atoms. The Morgan fingerprint density at radius 1 is 1.11 bits per heavy atom. The third-order valence-corrected chi connectivity index (χ3v) is 8.21. The highest BCUT2D eigenvalue weighted by Crippen LogP contribution is 2.36. The summed E-state index contributed by atoms with van der Waals surface area (Å²) < 4.78 is 27.4. The molecule has 0 spiro atoms. The number of ketones is 1. The van der Waals surface area contributed by atoms with Gasteiger partial charge >= 0.3 is 0 Å². The maximum absolute atomic E-state index is 14.1. The van der Waals surface area contributed by atoms with Gasteiger partial charge in [0.25, 0.3) is 0 Å². The Balaban J connectivity index is 1.54. The largest absolute Gasteiger partial charge is 0.343 e. The van der Waals surface area contributed by atoms with E-state index in [-0.39, 0.29) is 35.0 Å². The molecular weight excluding hydrogens is 486 g/mol. The first-order valence-corrected chi connectivity index (χ1v) is 13.4. The normalized spacial score (nSPS) is 20.2. The van der Waals surface area contributed by atoms with Crippen LogP contribution in [-0.4, -0.2) is 53.2 Å². The molecule has 194 valence electrons. The molecule has 1 saturated heterocycles. The Bertz CT molecular complexity index is 1120. The summed E-state index contributed by atoms with van der Waals surface area (Å²) in [5.41, 5.74) is -0.175. The van der Waals surface area contributed by atoms with Gasteiger partial charge in [-0.15, -0.1) is 11.3 Å². The summed E-state index contributed by atoms with van der Waals surface area (Å²) in [7, 11) is 1.71. The number of carbonyl (C=O) groups is 3. The number of nitrogens with zero attached hydrogens (tertiary/aromatic N) is 2. The lowest BCUT2D eigenvalue weighted by molar-refractivity contribution is -0.139. The van der Waals surface area contributed by atoms with Crippen molar-refractivity contribution in [3.05, 3.63) is 51.5 Å². The molecule has 0 radical (unpaired) electrons. The van der Waals surface area contributed by atoms with Crippen molar-refractivity contribution in [3.63, 3.8) is 0 Å². The summed E-state index contributed by atoms with van der Waals surface area (Å²) in [4.78, 5) is 45.6. The highest BCUT2D eigenvalue weighted by molar-refractivity contribution is 7.10. The fourth-order valence-electron chi connectivity index (χ4n) is 5.08. The third kappa shape index (κ3) is 5.64. The van der Waals surface area contributed by atoms with Crippen molar-refractivity contribution in [2.75, 3.05) is 13.6 Å². The molecule has 1 aromatic heterocycles. The van der Waals surface area contributed by atoms with E-state index in [0.29, 0.717) is 24.0 Å². The molecule has 1 aliphatic carbocycles. The maximum Gasteiger partial charge on any atom is 0.246 e. The van der Waals surface area contributed by atoms with Crippen LogP contribution >= 0.6 is 11.3 Å². The molecule has 2 N–H and O–H groups in total. The summed E-state index contributed by atoms with van der Waals surface area (Å²) in [6, 6.07) is 1.48. The first kappa shape index (κ1) is 26.3. The molecule has 2 fully saturated rings. The van der Waals surface area contributed by atoms with Gasteiger partial charge in [0.1, 0.15) is 28.4 Å². The number of likely N-dealkylation sites (N-methyl/N-ethyl adjacent to an activating group) is 1. The van der Waals surface area contributed by atoms with Gasteiger partial charge in [-0.3, -0.25) is 14.4 Å². The number of hydrogen-bond acceptors (Lipinski definition) is 6. The minimum Gasteiger partial charge on any atom is -0.343 e. The SMILES string of the molecule is CNC(C)C(=O)N[C@H](C(=O)N1CCCC1c1nc(C(=O)c2ccc(F)cc2F)cs1)C1CCCCC1. The van der Waals surface area contributed by atoms with E-state index in [9.17, 15) is 23.2 Å². The summed E-state index contributed by atoms with van der Waals surface area (Å²) >= 11 is 1.25. The van der Waals surface area contributed by atoms with E-state index in [1.807, 2.05) is 0 Å². The molecule has 3 atom stereocenters. The van der Waals surface area contributed by atoms with Crippen molar-refractivity contribution in [3.8, 4) is 0 Å². The van der Waals surface area contributed by atoms with Crippen LogP contribution in [0.15, 0.2) is 23.6 Å². The number of amides is 2. The quantitative estimate of drug-likeness (QED) is 0.516. The van der Waals surface area contributed by atoms with Gasteiger partial charge in [0.2, 0.25) is 17.6 Å². The Morgan fingerprint density at radius 2 is 1.86 bits per heavy atom. The van der Waals surface area contributed by atoms with E-state index in [0.717, 1.165) is 50.7 Å². The lowest BCUT2D eigenvalue weighted by atomic mass is 9.83. The van der Waals surface area contributed by atoms with Crippen molar-refractivity contribution >= 4 is 28.9 Å². The molecule has 10 heteroatoms. The zero-order chi connectivity index (χ0) is 25.8. The molecule has 2 amide bonds. The molecule has 2 aliphatic rings. The maximum atomic E-state index is 14.1. The first-order valence-electron chi connectivity index (χ1n) is 12.5.